The summed E-state index contributed by atoms with van der Waals surface area (Å²) in [5.74, 6) is -0.405. The molecule has 2 aliphatic rings. The van der Waals surface area contributed by atoms with Crippen molar-refractivity contribution in [3.63, 3.8) is 0 Å². The summed E-state index contributed by atoms with van der Waals surface area (Å²) >= 11 is 0. The molecule has 8 nitrogen and oxygen atoms in total. The van der Waals surface area contributed by atoms with Crippen LogP contribution in [0.1, 0.15) is 31.7 Å². The quantitative estimate of drug-likeness (QED) is 0.551. The van der Waals surface area contributed by atoms with E-state index in [0.717, 1.165) is 32.3 Å². The minimum atomic E-state index is -3.33. The Labute approximate surface area is 179 Å². The number of amides is 2. The molecule has 2 aliphatic heterocycles. The predicted molar refractivity (Wildman–Crippen MR) is 115 cm³/mol. The zero-order chi connectivity index (χ0) is 21.8. The topological polar surface area (TPSA) is 98.8 Å². The van der Waals surface area contributed by atoms with Gasteiger partial charge in [0.1, 0.15) is 6.04 Å². The fraction of sp³-hybridized carbons (Fsp3) is 0.619. The first-order chi connectivity index (χ1) is 14.2. The molecule has 0 radical (unpaired) electrons. The highest BCUT2D eigenvalue weighted by Gasteiger charge is 2.53. The zero-order valence-corrected chi connectivity index (χ0v) is 18.6. The van der Waals surface area contributed by atoms with Gasteiger partial charge in [-0.25, -0.2) is 12.7 Å². The minimum absolute atomic E-state index is 0.159. The van der Waals surface area contributed by atoms with Crippen molar-refractivity contribution in [2.45, 2.75) is 38.8 Å². The predicted octanol–water partition coefficient (Wildman–Crippen LogP) is 0.555. The molecule has 1 aromatic carbocycles. The van der Waals surface area contributed by atoms with Crippen LogP contribution in [0.15, 0.2) is 30.3 Å². The summed E-state index contributed by atoms with van der Waals surface area (Å²) in [5, 5.41) is 5.69. The van der Waals surface area contributed by atoms with Gasteiger partial charge in [0.15, 0.2) is 0 Å². The summed E-state index contributed by atoms with van der Waals surface area (Å²) in [6.07, 6.45) is 2.78. The van der Waals surface area contributed by atoms with Gasteiger partial charge in [-0.2, -0.15) is 0 Å². The maximum Gasteiger partial charge on any atom is 0.242 e. The van der Waals surface area contributed by atoms with Crippen molar-refractivity contribution in [1.82, 2.24) is 19.8 Å². The van der Waals surface area contributed by atoms with Gasteiger partial charge in [-0.1, -0.05) is 37.3 Å². The van der Waals surface area contributed by atoms with Gasteiger partial charge in [0.2, 0.25) is 21.8 Å². The normalized spacial score (nSPS) is 24.5. The van der Waals surface area contributed by atoms with E-state index in [0.29, 0.717) is 25.9 Å². The van der Waals surface area contributed by atoms with Gasteiger partial charge in [-0.3, -0.25) is 14.5 Å². The molecular formula is C21H32N4O4S. The number of rotatable bonds is 9. The highest BCUT2D eigenvalue weighted by molar-refractivity contribution is 7.88. The summed E-state index contributed by atoms with van der Waals surface area (Å²) in [4.78, 5) is 27.4. The van der Waals surface area contributed by atoms with E-state index < -0.39 is 21.5 Å². The first kappa shape index (κ1) is 22.7. The maximum absolute atomic E-state index is 12.5. The number of carbonyl (C=O) groups is 2. The second-order valence-electron chi connectivity index (χ2n) is 8.36. The van der Waals surface area contributed by atoms with Crippen LogP contribution in [0.2, 0.25) is 0 Å². The van der Waals surface area contributed by atoms with Crippen molar-refractivity contribution in [3.8, 4) is 0 Å². The molecule has 3 rings (SSSR count). The minimum Gasteiger partial charge on any atom is -0.354 e. The Bertz CT molecular complexity index is 861. The molecule has 9 heteroatoms. The molecule has 2 fully saturated rings. The lowest BCUT2D eigenvalue weighted by molar-refractivity contribution is -0.128. The standard InChI is InChI=1S/C21H32N4O4S/c1-3-24(15-17-8-5-4-6-9-17)12-7-11-22-19(26)18-14-21(20(27)23-18)10-13-25(16-21)30(2,28)29/h4-6,8-9,18H,3,7,10-16H2,1-2H3,(H,22,26)(H,23,27)/t18-,21-/m0/s1. The first-order valence-corrected chi connectivity index (χ1v) is 12.4. The smallest absolute Gasteiger partial charge is 0.242 e. The van der Waals surface area contributed by atoms with Crippen LogP contribution in [0.4, 0.5) is 0 Å². The van der Waals surface area contributed by atoms with Crippen LogP contribution in [-0.4, -0.2) is 74.5 Å². The van der Waals surface area contributed by atoms with Crippen LogP contribution in [0.5, 0.6) is 0 Å². The Morgan fingerprint density at radius 3 is 2.70 bits per heavy atom. The third kappa shape index (κ3) is 5.39. The van der Waals surface area contributed by atoms with Gasteiger partial charge in [0.05, 0.1) is 11.7 Å². The fourth-order valence-corrected chi connectivity index (χ4v) is 5.21. The highest BCUT2D eigenvalue weighted by atomic mass is 32.2. The number of hydrogen-bond donors (Lipinski definition) is 2. The van der Waals surface area contributed by atoms with Gasteiger partial charge >= 0.3 is 0 Å². The number of hydrogen-bond acceptors (Lipinski definition) is 5. The SMILES string of the molecule is CCN(CCCNC(=O)[C@@H]1C[C@]2(CCN(S(C)(=O)=O)C2)C(=O)N1)Cc1ccccc1. The molecule has 2 N–H and O–H groups in total. The van der Waals surface area contributed by atoms with Crippen molar-refractivity contribution in [1.29, 1.82) is 0 Å². The summed E-state index contributed by atoms with van der Waals surface area (Å²) < 4.78 is 24.9. The molecule has 2 saturated heterocycles. The molecule has 0 aliphatic carbocycles. The number of benzene rings is 1. The number of sulfonamides is 1. The van der Waals surface area contributed by atoms with Crippen LogP contribution in [0.3, 0.4) is 0 Å². The van der Waals surface area contributed by atoms with Crippen LogP contribution in [0, 0.1) is 5.41 Å². The molecular weight excluding hydrogens is 404 g/mol. The summed E-state index contributed by atoms with van der Waals surface area (Å²) in [7, 11) is -3.33. The number of nitrogens with one attached hydrogen (secondary N) is 2. The Morgan fingerprint density at radius 1 is 1.33 bits per heavy atom. The summed E-state index contributed by atoms with van der Waals surface area (Å²) in [5.41, 5.74) is 0.488. The lowest BCUT2D eigenvalue weighted by atomic mass is 9.84. The van der Waals surface area contributed by atoms with Gasteiger partial charge < -0.3 is 10.6 Å². The summed E-state index contributed by atoms with van der Waals surface area (Å²) in [6, 6.07) is 9.69. The van der Waals surface area contributed by atoms with Crippen LogP contribution >= 0.6 is 0 Å². The van der Waals surface area contributed by atoms with E-state index >= 15 is 0 Å². The second kappa shape index (κ2) is 9.45. The molecule has 0 bridgehead atoms. The van der Waals surface area contributed by atoms with Crippen LogP contribution < -0.4 is 10.6 Å². The Balaban J connectivity index is 1.43. The van der Waals surface area contributed by atoms with E-state index in [2.05, 4.69) is 34.6 Å². The monoisotopic (exact) mass is 436 g/mol. The molecule has 0 saturated carbocycles. The van der Waals surface area contributed by atoms with Crippen molar-refractivity contribution < 1.29 is 18.0 Å². The van der Waals surface area contributed by atoms with Gasteiger partial charge in [0.25, 0.3) is 0 Å². The number of nitrogens with zero attached hydrogens (tertiary/aromatic N) is 2. The number of carbonyl (C=O) groups excluding carboxylic acids is 2. The third-order valence-corrected chi connectivity index (χ3v) is 7.38. The van der Waals surface area contributed by atoms with Gasteiger partial charge in [0, 0.05) is 32.7 Å². The molecule has 2 heterocycles. The molecule has 2 amide bonds. The first-order valence-electron chi connectivity index (χ1n) is 10.5. The molecule has 1 spiro atoms. The van der Waals surface area contributed by atoms with Gasteiger partial charge in [-0.05, 0) is 31.4 Å². The molecule has 2 atom stereocenters. The largest absolute Gasteiger partial charge is 0.354 e. The van der Waals surface area contributed by atoms with Crippen LogP contribution in [0.25, 0.3) is 0 Å². The van der Waals surface area contributed by atoms with Crippen molar-refractivity contribution in [3.05, 3.63) is 35.9 Å². The molecule has 166 valence electrons. The summed E-state index contributed by atoms with van der Waals surface area (Å²) in [6.45, 7) is 5.83. The van der Waals surface area contributed by atoms with E-state index in [9.17, 15) is 18.0 Å². The third-order valence-electron chi connectivity index (χ3n) is 6.13. The van der Waals surface area contributed by atoms with Crippen molar-refractivity contribution >= 4 is 21.8 Å². The van der Waals surface area contributed by atoms with Crippen LogP contribution in [-0.2, 0) is 26.2 Å². The van der Waals surface area contributed by atoms with E-state index in [4.69, 9.17) is 0 Å². The fourth-order valence-electron chi connectivity index (χ4n) is 4.30. The van der Waals surface area contributed by atoms with E-state index in [1.54, 1.807) is 0 Å². The second-order valence-corrected chi connectivity index (χ2v) is 10.3. The molecule has 30 heavy (non-hydrogen) atoms. The molecule has 1 aromatic rings. The lowest BCUT2D eigenvalue weighted by Gasteiger charge is -2.21. The highest BCUT2D eigenvalue weighted by Crippen LogP contribution is 2.40. The average molecular weight is 437 g/mol. The van der Waals surface area contributed by atoms with E-state index in [1.807, 2.05) is 18.2 Å². The molecule has 0 aromatic heterocycles. The maximum atomic E-state index is 12.5. The zero-order valence-electron chi connectivity index (χ0n) is 17.8. The van der Waals surface area contributed by atoms with E-state index in [1.165, 1.54) is 9.87 Å². The lowest BCUT2D eigenvalue weighted by Crippen LogP contribution is -2.42. The van der Waals surface area contributed by atoms with Gasteiger partial charge in [-0.15, -0.1) is 0 Å². The molecule has 0 unspecified atom stereocenters. The average Bonchev–Trinajstić information content (AvgIpc) is 3.29. The Morgan fingerprint density at radius 2 is 2.07 bits per heavy atom. The Hall–Kier alpha value is -1.97. The van der Waals surface area contributed by atoms with E-state index in [-0.39, 0.29) is 18.4 Å². The Kier molecular flexibility index (Phi) is 7.15. The van der Waals surface area contributed by atoms with Crippen molar-refractivity contribution in [2.75, 3.05) is 39.0 Å². The van der Waals surface area contributed by atoms with Crippen molar-refractivity contribution in [2.24, 2.45) is 5.41 Å².